The molecular formula is C22H17N5O4. The number of carbonyl (C=O) groups is 1. The van der Waals surface area contributed by atoms with Gasteiger partial charge in [-0.3, -0.25) is 4.79 Å². The molecule has 0 spiro atoms. The molecule has 9 nitrogen and oxygen atoms in total. The highest BCUT2D eigenvalue weighted by atomic mass is 16.7. The molecule has 0 unspecified atom stereocenters. The monoisotopic (exact) mass is 415 g/mol. The summed E-state index contributed by atoms with van der Waals surface area (Å²) in [6, 6.07) is 20.2. The van der Waals surface area contributed by atoms with E-state index in [-0.39, 0.29) is 19.2 Å². The van der Waals surface area contributed by atoms with Gasteiger partial charge in [0.1, 0.15) is 23.6 Å². The van der Waals surface area contributed by atoms with Crippen LogP contribution in [0, 0.1) is 0 Å². The van der Waals surface area contributed by atoms with E-state index in [1.807, 2.05) is 60.7 Å². The molecule has 1 aliphatic heterocycles. The van der Waals surface area contributed by atoms with Crippen LogP contribution in [0.1, 0.15) is 5.56 Å². The van der Waals surface area contributed by atoms with Crippen LogP contribution < -0.4 is 19.6 Å². The summed E-state index contributed by atoms with van der Waals surface area (Å²) in [7, 11) is 0. The second kappa shape index (κ2) is 8.15. The van der Waals surface area contributed by atoms with Gasteiger partial charge in [0, 0.05) is 6.07 Å². The highest BCUT2D eigenvalue weighted by Gasteiger charge is 2.14. The molecule has 0 atom stereocenters. The molecular weight excluding hydrogens is 398 g/mol. The summed E-state index contributed by atoms with van der Waals surface area (Å²) in [5.41, 5.74) is 4.84. The molecule has 31 heavy (non-hydrogen) atoms. The predicted octanol–water partition coefficient (Wildman–Crippen LogP) is 3.10. The fourth-order valence-corrected chi connectivity index (χ4v) is 3.08. The first-order valence-electron chi connectivity index (χ1n) is 9.52. The molecule has 2 heterocycles. The van der Waals surface area contributed by atoms with Gasteiger partial charge in [-0.2, -0.15) is 5.10 Å². The molecule has 0 radical (unpaired) electrons. The van der Waals surface area contributed by atoms with Crippen molar-refractivity contribution < 1.29 is 19.0 Å². The number of ether oxygens (including phenoxy) is 3. The Morgan fingerprint density at radius 3 is 2.77 bits per heavy atom. The van der Waals surface area contributed by atoms with Crippen LogP contribution in [-0.4, -0.2) is 33.9 Å². The number of nitrogens with one attached hydrogen (secondary N) is 1. The lowest BCUT2D eigenvalue weighted by atomic mass is 10.2. The number of aromatic nitrogens is 3. The number of para-hydroxylation sites is 1. The van der Waals surface area contributed by atoms with Crippen molar-refractivity contribution in [2.24, 2.45) is 5.10 Å². The van der Waals surface area contributed by atoms with Crippen LogP contribution >= 0.6 is 0 Å². The second-order valence-electron chi connectivity index (χ2n) is 6.72. The maximum Gasteiger partial charge on any atom is 0.261 e. The zero-order valence-electron chi connectivity index (χ0n) is 16.3. The molecule has 9 heteroatoms. The lowest BCUT2D eigenvalue weighted by molar-refractivity contribution is -0.121. The van der Waals surface area contributed by atoms with E-state index in [1.54, 1.807) is 12.3 Å². The molecule has 0 aliphatic carbocycles. The number of nitrogens with zero attached hydrogens (tertiary/aromatic N) is 4. The summed E-state index contributed by atoms with van der Waals surface area (Å²) >= 11 is 0. The van der Waals surface area contributed by atoms with Gasteiger partial charge in [-0.1, -0.05) is 17.3 Å². The Bertz CT molecular complexity index is 1270. The van der Waals surface area contributed by atoms with E-state index in [4.69, 9.17) is 14.2 Å². The maximum atomic E-state index is 12.1. The fraction of sp³-hybridized carbons (Fsp3) is 0.0909. The molecule has 3 aromatic carbocycles. The summed E-state index contributed by atoms with van der Waals surface area (Å²) < 4.78 is 18.0. The van der Waals surface area contributed by atoms with Gasteiger partial charge >= 0.3 is 0 Å². The van der Waals surface area contributed by atoms with Crippen molar-refractivity contribution in [3.8, 4) is 23.0 Å². The van der Waals surface area contributed by atoms with E-state index in [2.05, 4.69) is 20.8 Å². The van der Waals surface area contributed by atoms with Gasteiger partial charge in [0.25, 0.3) is 5.91 Å². The Morgan fingerprint density at radius 1 is 1.06 bits per heavy atom. The Balaban J connectivity index is 1.16. The van der Waals surface area contributed by atoms with Crippen molar-refractivity contribution in [3.63, 3.8) is 0 Å². The number of hydrogen-bond acceptors (Lipinski definition) is 7. The number of hydrazone groups is 1. The molecule has 1 amide bonds. The van der Waals surface area contributed by atoms with Crippen LogP contribution in [-0.2, 0) is 11.3 Å². The van der Waals surface area contributed by atoms with Gasteiger partial charge in [-0.15, -0.1) is 5.10 Å². The van der Waals surface area contributed by atoms with E-state index >= 15 is 0 Å². The largest absolute Gasteiger partial charge is 0.457 e. The summed E-state index contributed by atoms with van der Waals surface area (Å²) in [4.78, 5) is 12.1. The van der Waals surface area contributed by atoms with Crippen molar-refractivity contribution in [1.29, 1.82) is 0 Å². The summed E-state index contributed by atoms with van der Waals surface area (Å²) in [6.07, 6.45) is 1.56. The molecule has 4 aromatic rings. The van der Waals surface area contributed by atoms with Gasteiger partial charge in [-0.05, 0) is 54.1 Å². The van der Waals surface area contributed by atoms with Crippen LogP contribution in [0.3, 0.4) is 0 Å². The van der Waals surface area contributed by atoms with Gasteiger partial charge in [0.05, 0.1) is 11.7 Å². The number of rotatable bonds is 6. The SMILES string of the molecule is O=C(Cn1nnc2ccccc21)NN=Cc1ccc(Oc2ccc3c(c2)OCO3)cc1. The quantitative estimate of drug-likeness (QED) is 0.384. The average molecular weight is 415 g/mol. The number of benzene rings is 3. The molecule has 0 saturated carbocycles. The van der Waals surface area contributed by atoms with Gasteiger partial charge < -0.3 is 14.2 Å². The number of hydrogen-bond donors (Lipinski definition) is 1. The van der Waals surface area contributed by atoms with Crippen molar-refractivity contribution in [1.82, 2.24) is 20.4 Å². The zero-order valence-corrected chi connectivity index (χ0v) is 16.3. The third kappa shape index (κ3) is 4.15. The number of fused-ring (bicyclic) bond motifs is 2. The van der Waals surface area contributed by atoms with E-state index in [0.29, 0.717) is 23.0 Å². The molecule has 5 rings (SSSR count). The highest BCUT2D eigenvalue weighted by molar-refractivity contribution is 5.83. The third-order valence-electron chi connectivity index (χ3n) is 4.58. The number of amides is 1. The van der Waals surface area contributed by atoms with Crippen LogP contribution in [0.25, 0.3) is 11.0 Å². The van der Waals surface area contributed by atoms with Crippen LogP contribution in [0.5, 0.6) is 23.0 Å². The molecule has 1 N–H and O–H groups in total. The Morgan fingerprint density at radius 2 is 1.87 bits per heavy atom. The summed E-state index contributed by atoms with van der Waals surface area (Å²) in [5.74, 6) is 2.39. The van der Waals surface area contributed by atoms with E-state index in [0.717, 1.165) is 16.6 Å². The molecule has 1 aromatic heterocycles. The second-order valence-corrected chi connectivity index (χ2v) is 6.72. The van der Waals surface area contributed by atoms with E-state index < -0.39 is 0 Å². The predicted molar refractivity (Wildman–Crippen MR) is 112 cm³/mol. The van der Waals surface area contributed by atoms with Crippen LogP contribution in [0.2, 0.25) is 0 Å². The third-order valence-corrected chi connectivity index (χ3v) is 4.58. The topological polar surface area (TPSA) is 99.9 Å². The minimum atomic E-state index is -0.297. The molecule has 0 fully saturated rings. The van der Waals surface area contributed by atoms with Crippen molar-refractivity contribution in [2.75, 3.05) is 6.79 Å². The number of carbonyl (C=O) groups excluding carboxylic acids is 1. The minimum absolute atomic E-state index is 0.0279. The fourth-order valence-electron chi connectivity index (χ4n) is 3.08. The highest BCUT2D eigenvalue weighted by Crippen LogP contribution is 2.36. The first kappa shape index (κ1) is 18.6. The Kier molecular flexibility index (Phi) is 4.89. The standard InChI is InChI=1S/C22H17N5O4/c28-22(13-27-19-4-2-1-3-18(19)24-26-27)25-23-12-15-5-7-16(8-6-15)31-17-9-10-20-21(11-17)30-14-29-20/h1-12H,13-14H2,(H,25,28). The van der Waals surface area contributed by atoms with Crippen molar-refractivity contribution >= 4 is 23.2 Å². The first-order valence-corrected chi connectivity index (χ1v) is 9.52. The van der Waals surface area contributed by atoms with Gasteiger partial charge in [0.15, 0.2) is 11.5 Å². The van der Waals surface area contributed by atoms with E-state index in [9.17, 15) is 4.79 Å². The van der Waals surface area contributed by atoms with Crippen LogP contribution in [0.4, 0.5) is 0 Å². The van der Waals surface area contributed by atoms with Crippen molar-refractivity contribution in [3.05, 3.63) is 72.3 Å². The van der Waals surface area contributed by atoms with Crippen molar-refractivity contribution in [2.45, 2.75) is 6.54 Å². The smallest absolute Gasteiger partial charge is 0.261 e. The lowest BCUT2D eigenvalue weighted by Gasteiger charge is -2.06. The molecule has 154 valence electrons. The summed E-state index contributed by atoms with van der Waals surface area (Å²) in [6.45, 7) is 0.249. The first-order chi connectivity index (χ1) is 15.2. The molecule has 1 aliphatic rings. The maximum absolute atomic E-state index is 12.1. The Hall–Kier alpha value is -4.40. The average Bonchev–Trinajstić information content (AvgIpc) is 3.42. The van der Waals surface area contributed by atoms with E-state index in [1.165, 1.54) is 4.68 Å². The Labute approximate surface area is 176 Å². The minimum Gasteiger partial charge on any atom is -0.457 e. The molecule has 0 bridgehead atoms. The zero-order chi connectivity index (χ0) is 21.0. The van der Waals surface area contributed by atoms with Gasteiger partial charge in [0.2, 0.25) is 6.79 Å². The van der Waals surface area contributed by atoms with Crippen LogP contribution in [0.15, 0.2) is 71.8 Å². The lowest BCUT2D eigenvalue weighted by Crippen LogP contribution is -2.23. The normalized spacial score (nSPS) is 12.4. The molecule has 0 saturated heterocycles. The summed E-state index contributed by atoms with van der Waals surface area (Å²) in [5, 5.41) is 12.0. The van der Waals surface area contributed by atoms with Gasteiger partial charge in [-0.25, -0.2) is 10.1 Å².